The number of carbonyl (C=O) groups is 2. The monoisotopic (exact) mass is 171 g/mol. The topological polar surface area (TPSA) is 96.0 Å². The fraction of sp³-hybridized carbons (Fsp3) is 0.167. The number of carbonyl (C=O) groups excluding carboxylic acids is 1. The van der Waals surface area contributed by atoms with Crippen LogP contribution in [0.4, 0.5) is 4.79 Å². The van der Waals surface area contributed by atoms with E-state index in [-0.39, 0.29) is 6.41 Å². The third-order valence-corrected chi connectivity index (χ3v) is 0.962. The van der Waals surface area contributed by atoms with Crippen molar-refractivity contribution in [2.75, 3.05) is 6.54 Å². The molecule has 1 aliphatic heterocycles. The quantitative estimate of drug-likeness (QED) is 0.486. The van der Waals surface area contributed by atoms with Crippen molar-refractivity contribution in [2.45, 2.75) is 0 Å². The Balaban J connectivity index is 0.000000354. The Morgan fingerprint density at radius 2 is 2.33 bits per heavy atom. The van der Waals surface area contributed by atoms with Gasteiger partial charge in [0, 0.05) is 18.6 Å². The lowest BCUT2D eigenvalue weighted by Crippen LogP contribution is -2.26. The van der Waals surface area contributed by atoms with Crippen molar-refractivity contribution in [2.24, 2.45) is 10.7 Å². The van der Waals surface area contributed by atoms with Crippen LogP contribution < -0.4 is 5.73 Å². The summed E-state index contributed by atoms with van der Waals surface area (Å²) in [5, 5.41) is 8.35. The normalized spacial score (nSPS) is 13.2. The van der Waals surface area contributed by atoms with E-state index in [2.05, 4.69) is 10.7 Å². The lowest BCUT2D eigenvalue weighted by Gasteiger charge is -2.11. The second-order valence-corrected chi connectivity index (χ2v) is 1.70. The largest absolute Gasteiger partial charge is 0.465 e. The highest BCUT2D eigenvalue weighted by Crippen LogP contribution is 1.93. The molecule has 1 heterocycles. The zero-order valence-corrected chi connectivity index (χ0v) is 6.25. The Morgan fingerprint density at radius 3 is 2.58 bits per heavy atom. The molecule has 3 N–H and O–H groups in total. The van der Waals surface area contributed by atoms with Crippen molar-refractivity contribution in [3.8, 4) is 0 Å². The zero-order chi connectivity index (χ0) is 9.40. The lowest BCUT2D eigenvalue weighted by atomic mass is 10.5. The number of amides is 2. The molecule has 66 valence electrons. The molecule has 1 aliphatic rings. The van der Waals surface area contributed by atoms with E-state index in [9.17, 15) is 4.79 Å². The molecule has 0 unspecified atom stereocenters. The van der Waals surface area contributed by atoms with Crippen molar-refractivity contribution < 1.29 is 14.7 Å². The van der Waals surface area contributed by atoms with Crippen LogP contribution in [0, 0.1) is 0 Å². The molecule has 12 heavy (non-hydrogen) atoms. The Labute approximate surface area is 69.0 Å². The van der Waals surface area contributed by atoms with Crippen molar-refractivity contribution in [1.82, 2.24) is 4.90 Å². The van der Waals surface area contributed by atoms with Gasteiger partial charge in [0.25, 0.3) is 0 Å². The van der Waals surface area contributed by atoms with Crippen molar-refractivity contribution in [1.29, 1.82) is 0 Å². The maximum Gasteiger partial charge on any atom is 0.411 e. The molecule has 0 radical (unpaired) electrons. The van der Waals surface area contributed by atoms with Crippen LogP contribution in [-0.4, -0.2) is 35.3 Å². The van der Waals surface area contributed by atoms with Crippen molar-refractivity contribution >= 4 is 18.7 Å². The van der Waals surface area contributed by atoms with Crippen LogP contribution in [0.25, 0.3) is 0 Å². The van der Waals surface area contributed by atoms with Gasteiger partial charge in [-0.1, -0.05) is 0 Å². The average molecular weight is 171 g/mol. The molecule has 0 bridgehead atoms. The molecule has 0 fully saturated rings. The van der Waals surface area contributed by atoms with Crippen LogP contribution in [0.15, 0.2) is 17.4 Å². The first-order valence-electron chi connectivity index (χ1n) is 3.05. The molecule has 0 saturated heterocycles. The fourth-order valence-electron chi connectivity index (χ4n) is 0.518. The van der Waals surface area contributed by atoms with Crippen LogP contribution in [0.1, 0.15) is 0 Å². The van der Waals surface area contributed by atoms with Gasteiger partial charge in [-0.15, -0.1) is 0 Å². The van der Waals surface area contributed by atoms with Crippen LogP contribution >= 0.6 is 0 Å². The molecule has 6 nitrogen and oxygen atoms in total. The minimum atomic E-state index is -0.947. The van der Waals surface area contributed by atoms with Gasteiger partial charge in [0.2, 0.25) is 6.41 Å². The summed E-state index contributed by atoms with van der Waals surface area (Å²) in [5.41, 5.74) is 4.17. The van der Waals surface area contributed by atoms with Gasteiger partial charge in [-0.25, -0.2) is 4.79 Å². The summed E-state index contributed by atoms with van der Waals surface area (Å²) in [6.07, 6.45) is 3.70. The number of nitrogens with two attached hydrogens (primary N) is 1. The summed E-state index contributed by atoms with van der Waals surface area (Å²) in [5.74, 6) is 0. The van der Waals surface area contributed by atoms with E-state index in [1.165, 1.54) is 18.6 Å². The van der Waals surface area contributed by atoms with Gasteiger partial charge >= 0.3 is 6.09 Å². The van der Waals surface area contributed by atoms with Crippen LogP contribution in [0.5, 0.6) is 0 Å². The smallest absolute Gasteiger partial charge is 0.411 e. The second kappa shape index (κ2) is 5.90. The minimum Gasteiger partial charge on any atom is -0.465 e. The maximum absolute atomic E-state index is 10.2. The number of aliphatic imine (C=N–C) groups is 1. The summed E-state index contributed by atoms with van der Waals surface area (Å²) >= 11 is 0. The molecule has 0 atom stereocenters. The van der Waals surface area contributed by atoms with Gasteiger partial charge in [-0.2, -0.15) is 0 Å². The van der Waals surface area contributed by atoms with E-state index >= 15 is 0 Å². The Bertz CT molecular complexity index is 212. The van der Waals surface area contributed by atoms with E-state index < -0.39 is 6.09 Å². The molecule has 0 spiro atoms. The number of carboxylic acid groups (broad SMARTS) is 1. The molecule has 0 aromatic heterocycles. The fourth-order valence-corrected chi connectivity index (χ4v) is 0.518. The summed E-state index contributed by atoms with van der Waals surface area (Å²) < 4.78 is 0. The van der Waals surface area contributed by atoms with E-state index in [0.29, 0.717) is 6.54 Å². The predicted molar refractivity (Wildman–Crippen MR) is 42.6 cm³/mol. The standard InChI is InChI=1S/C5H6N2O2.CH3NO/c8-5(9)7-3-1-6-2-4-7;2-1-3/h1-3H,4H2,(H,8,9);1H,(H2,2,3). The van der Waals surface area contributed by atoms with Crippen LogP contribution in [0.3, 0.4) is 0 Å². The molecule has 6 heteroatoms. The van der Waals surface area contributed by atoms with Crippen molar-refractivity contribution in [3.05, 3.63) is 12.4 Å². The van der Waals surface area contributed by atoms with Gasteiger partial charge < -0.3 is 10.8 Å². The highest BCUT2D eigenvalue weighted by molar-refractivity contribution is 5.73. The minimum absolute atomic E-state index is 0.250. The second-order valence-electron chi connectivity index (χ2n) is 1.70. The van der Waals surface area contributed by atoms with Crippen LogP contribution in [0.2, 0.25) is 0 Å². The first kappa shape index (κ1) is 10.2. The van der Waals surface area contributed by atoms with Gasteiger partial charge in [-0.3, -0.25) is 14.7 Å². The average Bonchev–Trinajstić information content (AvgIpc) is 2.07. The van der Waals surface area contributed by atoms with Crippen molar-refractivity contribution in [3.63, 3.8) is 0 Å². The summed E-state index contributed by atoms with van der Waals surface area (Å²) in [6, 6.07) is 0. The van der Waals surface area contributed by atoms with Crippen LogP contribution in [-0.2, 0) is 4.79 Å². The summed E-state index contributed by atoms with van der Waals surface area (Å²) in [6.45, 7) is 0.353. The van der Waals surface area contributed by atoms with Gasteiger partial charge in [0.1, 0.15) is 0 Å². The third-order valence-electron chi connectivity index (χ3n) is 0.962. The summed E-state index contributed by atoms with van der Waals surface area (Å²) in [4.78, 5) is 23.6. The lowest BCUT2D eigenvalue weighted by molar-refractivity contribution is -0.106. The molecule has 2 amide bonds. The number of hydrogen-bond donors (Lipinski definition) is 2. The maximum atomic E-state index is 10.2. The highest BCUT2D eigenvalue weighted by atomic mass is 16.4. The molecular weight excluding hydrogens is 162 g/mol. The van der Waals surface area contributed by atoms with Gasteiger partial charge in [-0.05, 0) is 0 Å². The van der Waals surface area contributed by atoms with Gasteiger partial charge in [0.05, 0.1) is 6.54 Å². The molecule has 0 aromatic rings. The van der Waals surface area contributed by atoms with Gasteiger partial charge in [0.15, 0.2) is 0 Å². The van der Waals surface area contributed by atoms with E-state index in [4.69, 9.17) is 9.90 Å². The molecule has 0 saturated carbocycles. The Kier molecular flexibility index (Phi) is 4.99. The highest BCUT2D eigenvalue weighted by Gasteiger charge is 2.06. The SMILES string of the molecule is NC=O.O=C(O)N1C=CN=CC1. The number of hydrogen-bond acceptors (Lipinski definition) is 3. The van der Waals surface area contributed by atoms with E-state index in [1.54, 1.807) is 0 Å². The Hall–Kier alpha value is -1.85. The first-order valence-corrected chi connectivity index (χ1v) is 3.05. The predicted octanol–water partition coefficient (Wildman–Crippen LogP) is -0.376. The first-order chi connectivity index (χ1) is 5.72. The molecule has 0 aliphatic carbocycles. The molecule has 0 aromatic carbocycles. The van der Waals surface area contributed by atoms with E-state index in [0.717, 1.165) is 4.90 Å². The van der Waals surface area contributed by atoms with E-state index in [1.807, 2.05) is 0 Å². The molecular formula is C6H9N3O3. The molecule has 1 rings (SSSR count). The third kappa shape index (κ3) is 4.04. The Morgan fingerprint density at radius 1 is 1.75 bits per heavy atom. The number of primary amides is 1. The number of nitrogens with zero attached hydrogens (tertiary/aromatic N) is 2. The summed E-state index contributed by atoms with van der Waals surface area (Å²) in [7, 11) is 0. The number of rotatable bonds is 0. The zero-order valence-electron chi connectivity index (χ0n) is 6.25.